The molecule has 0 aliphatic carbocycles. The van der Waals surface area contributed by atoms with Crippen molar-refractivity contribution in [2.45, 2.75) is 21.3 Å². The van der Waals surface area contributed by atoms with Gasteiger partial charge in [0.1, 0.15) is 0 Å². The van der Waals surface area contributed by atoms with E-state index in [1.54, 1.807) is 0 Å². The maximum Gasteiger partial charge on any atom is 0.231 e. The molecule has 0 saturated carbocycles. The summed E-state index contributed by atoms with van der Waals surface area (Å²) in [4.78, 5) is 33.4. The number of hydrogen-bond acceptors (Lipinski definition) is 8. The summed E-state index contributed by atoms with van der Waals surface area (Å²) in [7, 11) is 0. The standard InChI is InChI=1S/C2H6.4CHNO.CH4/c1-2;4*2-1-3;/h1-2H3;4*2H;1H4. The van der Waals surface area contributed by atoms with Gasteiger partial charge in [-0.3, -0.25) is 0 Å². The number of carbonyl (C=O) groups excluding carboxylic acids is 4. The van der Waals surface area contributed by atoms with E-state index in [1.807, 2.05) is 13.8 Å². The Balaban J connectivity index is -0.0000000167. The second-order valence-electron chi connectivity index (χ2n) is 0.408. The molecule has 0 unspecified atom stereocenters. The van der Waals surface area contributed by atoms with Crippen LogP contribution in [0.5, 0.6) is 0 Å². The molecule has 8 nitrogen and oxygen atoms in total. The third-order valence-corrected chi connectivity index (χ3v) is 0. The summed E-state index contributed by atoms with van der Waals surface area (Å²) < 4.78 is 0. The van der Waals surface area contributed by atoms with E-state index in [9.17, 15) is 0 Å². The highest BCUT2D eigenvalue weighted by atomic mass is 16.1. The number of rotatable bonds is 0. The molecule has 0 spiro atoms. The van der Waals surface area contributed by atoms with Gasteiger partial charge in [0.15, 0.2) is 0 Å². The Kier molecular flexibility index (Phi) is 1440. The molecule has 0 heterocycles. The summed E-state index contributed by atoms with van der Waals surface area (Å²) in [6.45, 7) is 4.00. The average Bonchev–Trinajstić information content (AvgIpc) is 2.12. The first-order valence-electron chi connectivity index (χ1n) is 2.82. The fourth-order valence-corrected chi connectivity index (χ4v) is 0. The summed E-state index contributed by atoms with van der Waals surface area (Å²) in [5, 5.41) is 21.6. The summed E-state index contributed by atoms with van der Waals surface area (Å²) in [5.41, 5.74) is 0. The van der Waals surface area contributed by atoms with E-state index in [0.29, 0.717) is 0 Å². The van der Waals surface area contributed by atoms with Crippen molar-refractivity contribution >= 4 is 24.3 Å². The molecule has 8 heteroatoms. The predicted molar refractivity (Wildman–Crippen MR) is 51.7 cm³/mol. The van der Waals surface area contributed by atoms with Gasteiger partial charge in [0.25, 0.3) is 0 Å². The molecule has 0 aromatic rings. The molecular weight excluding hydrogens is 204 g/mol. The van der Waals surface area contributed by atoms with Crippen LogP contribution in [0.1, 0.15) is 21.3 Å². The van der Waals surface area contributed by atoms with E-state index in [2.05, 4.69) is 0 Å². The van der Waals surface area contributed by atoms with Crippen molar-refractivity contribution < 1.29 is 19.2 Å². The third kappa shape index (κ3) is 170. The van der Waals surface area contributed by atoms with Gasteiger partial charge in [0.05, 0.1) is 0 Å². The van der Waals surface area contributed by atoms with Crippen molar-refractivity contribution in [1.82, 2.24) is 0 Å². The molecule has 15 heavy (non-hydrogen) atoms. The predicted octanol–water partition coefficient (Wildman–Crippen LogP) is 1.27. The number of isocyanates is 4. The monoisotopic (exact) mass is 218 g/mol. The molecule has 0 amide bonds. The van der Waals surface area contributed by atoms with Gasteiger partial charge in [-0.15, -0.1) is 0 Å². The molecule has 0 aromatic heterocycles. The Morgan fingerprint density at radius 3 is 0.600 bits per heavy atom. The number of nitrogens with one attached hydrogen (secondary N) is 4. The van der Waals surface area contributed by atoms with Crippen LogP contribution in [0.15, 0.2) is 0 Å². The molecule has 0 fully saturated rings. The first kappa shape index (κ1) is 39.1. The molecule has 0 saturated heterocycles. The molecule has 0 radical (unpaired) electrons. The Morgan fingerprint density at radius 2 is 0.600 bits per heavy atom. The Hall–Kier alpha value is -2.48. The van der Waals surface area contributed by atoms with Gasteiger partial charge in [-0.05, 0) is 0 Å². The zero-order valence-corrected chi connectivity index (χ0v) is 7.63. The maximum atomic E-state index is 8.35. The van der Waals surface area contributed by atoms with Gasteiger partial charge in [0, 0.05) is 0 Å². The first-order valence-corrected chi connectivity index (χ1v) is 2.82. The van der Waals surface area contributed by atoms with Crippen LogP contribution >= 0.6 is 0 Å². The van der Waals surface area contributed by atoms with Crippen LogP contribution in [0.2, 0.25) is 0 Å². The van der Waals surface area contributed by atoms with Gasteiger partial charge in [-0.2, -0.15) is 0 Å². The summed E-state index contributed by atoms with van der Waals surface area (Å²) in [6, 6.07) is 0. The number of hydrogen-bond donors (Lipinski definition) is 4. The minimum Gasteiger partial charge on any atom is -0.222 e. The first-order chi connectivity index (χ1) is 6.66. The van der Waals surface area contributed by atoms with Crippen molar-refractivity contribution in [1.29, 1.82) is 21.6 Å². The summed E-state index contributed by atoms with van der Waals surface area (Å²) in [5.74, 6) is 0. The van der Waals surface area contributed by atoms with E-state index < -0.39 is 0 Å². The van der Waals surface area contributed by atoms with Crippen molar-refractivity contribution in [3.8, 4) is 0 Å². The Labute approximate surface area is 87.3 Å². The highest BCUT2D eigenvalue weighted by molar-refractivity contribution is 5.26. The lowest BCUT2D eigenvalue weighted by Crippen LogP contribution is -1.16. The topological polar surface area (TPSA) is 164 Å². The smallest absolute Gasteiger partial charge is 0.222 e. The molecular formula is C7H14N4O4. The minimum absolute atomic E-state index is 0. The Morgan fingerprint density at radius 1 is 0.600 bits per heavy atom. The van der Waals surface area contributed by atoms with Crippen LogP contribution in [-0.2, 0) is 19.2 Å². The van der Waals surface area contributed by atoms with E-state index in [0.717, 1.165) is 24.3 Å². The molecule has 0 aliphatic heterocycles. The van der Waals surface area contributed by atoms with Crippen LogP contribution in [0, 0.1) is 21.6 Å². The SMILES string of the molecule is C.CC.N=C=O.N=C=O.N=C=O.N=C=O. The van der Waals surface area contributed by atoms with E-state index >= 15 is 0 Å². The van der Waals surface area contributed by atoms with Crippen LogP contribution in [-0.4, -0.2) is 24.3 Å². The quantitative estimate of drug-likeness (QED) is 0.355. The zero-order chi connectivity index (χ0) is 12.8. The van der Waals surface area contributed by atoms with Gasteiger partial charge in [-0.25, -0.2) is 40.8 Å². The van der Waals surface area contributed by atoms with Gasteiger partial charge >= 0.3 is 0 Å². The van der Waals surface area contributed by atoms with Gasteiger partial charge < -0.3 is 0 Å². The van der Waals surface area contributed by atoms with Crippen molar-refractivity contribution in [2.75, 3.05) is 0 Å². The lowest BCUT2D eigenvalue weighted by atomic mass is 11.0. The molecule has 0 aliphatic rings. The van der Waals surface area contributed by atoms with Crippen LogP contribution in [0.4, 0.5) is 0 Å². The molecule has 4 N–H and O–H groups in total. The summed E-state index contributed by atoms with van der Waals surface area (Å²) in [6.07, 6.45) is 3.00. The lowest BCUT2D eigenvalue weighted by molar-refractivity contribution is 0.562. The molecule has 86 valence electrons. The normalized spacial score (nSPS) is 2.53. The van der Waals surface area contributed by atoms with Crippen LogP contribution in [0.3, 0.4) is 0 Å². The fraction of sp³-hybridized carbons (Fsp3) is 0.429. The average molecular weight is 218 g/mol. The largest absolute Gasteiger partial charge is 0.231 e. The van der Waals surface area contributed by atoms with Gasteiger partial charge in [0.2, 0.25) is 24.3 Å². The van der Waals surface area contributed by atoms with Crippen molar-refractivity contribution in [3.05, 3.63) is 0 Å². The lowest BCUT2D eigenvalue weighted by Gasteiger charge is -1.07. The second kappa shape index (κ2) is 552. The van der Waals surface area contributed by atoms with E-state index in [4.69, 9.17) is 40.8 Å². The maximum absolute atomic E-state index is 8.35. The Bertz CT molecular complexity index is 155. The van der Waals surface area contributed by atoms with Crippen molar-refractivity contribution in [3.63, 3.8) is 0 Å². The fourth-order valence-electron chi connectivity index (χ4n) is 0. The van der Waals surface area contributed by atoms with Gasteiger partial charge in [-0.1, -0.05) is 21.3 Å². The molecule has 0 aromatic carbocycles. The highest BCUT2D eigenvalue weighted by Crippen LogP contribution is 1.14. The second-order valence-corrected chi connectivity index (χ2v) is 0.408. The van der Waals surface area contributed by atoms with Crippen LogP contribution in [0.25, 0.3) is 0 Å². The zero-order valence-electron chi connectivity index (χ0n) is 7.63. The minimum atomic E-state index is 0. The van der Waals surface area contributed by atoms with Crippen molar-refractivity contribution in [2.24, 2.45) is 0 Å². The highest BCUT2D eigenvalue weighted by Gasteiger charge is 1.04. The van der Waals surface area contributed by atoms with Crippen LogP contribution < -0.4 is 0 Å². The third-order valence-electron chi connectivity index (χ3n) is 0. The summed E-state index contributed by atoms with van der Waals surface area (Å²) >= 11 is 0. The molecule has 0 rings (SSSR count). The van der Waals surface area contributed by atoms with E-state index in [1.165, 1.54) is 0 Å². The van der Waals surface area contributed by atoms with E-state index in [-0.39, 0.29) is 7.43 Å². The molecule has 0 atom stereocenters. The molecule has 0 bridgehead atoms.